The first-order valence-corrected chi connectivity index (χ1v) is 44.1. The van der Waals surface area contributed by atoms with Crippen molar-refractivity contribution < 1.29 is 98.1 Å². The average molecular weight is 1610 g/mol. The molecule has 0 aromatic carbocycles. The van der Waals surface area contributed by atoms with Gasteiger partial charge in [-0.2, -0.15) is 0 Å². The second-order valence-electron chi connectivity index (χ2n) is 41.0. The number of aliphatic hydroxyl groups is 3. The van der Waals surface area contributed by atoms with Crippen molar-refractivity contribution in [1.82, 2.24) is 0 Å². The summed E-state index contributed by atoms with van der Waals surface area (Å²) in [6, 6.07) is 0. The highest BCUT2D eigenvalue weighted by molar-refractivity contribution is 5.80. The van der Waals surface area contributed by atoms with Crippen LogP contribution in [0.3, 0.4) is 0 Å². The standard InChI is InChI=1S/C12H22O.C9H18O2.3C8H16O2.C8H16O.C8H16.2C7H14O2.2C7H14O.C6H12O/c1-4-12(13)11-7-5-6-10(8-11)9(2)3;1-8(2)9(4-5-10-3)6-11-7-9;1-7(2)8(4-9-3)5-10-6-8;1-7(2)4-8(9-3)5-10-6-8;1-7(2)8(3-4-9)5-10-6-8;1-7(2)4-8(3)5-9-6-8;1-7(2)8(3)5-4-6-8;1-6(2)7(3-8)4-9-5-7;1-6(2)3-7(8)4-9-5-7;1-6(2)7(3)4-8-5-7;1-6(2)7-3-4-8-5-7;1-5(2)6-3-7-4-6/h9-11H,4-8H2,1-3H3;8H,4-7H2,1-3H3;2*7H,4-6H2,1-3H3;7,9H,3-6H2,1-2H3;7H,4-6H2,1-3H3;7H,4-6H2,1-3H3;2*6,8H,3-5H2,1-2H3;6H,4-5H2,1-3H3;6-7H,3-5H2,1-2H3;5-6H,3-4H2,1-2H3/t10-,11+;;;;;;;;;;;/m1.........../s1/i1D3;3*3D3;;;;;;;;. The number of rotatable bonds is 26. The Morgan fingerprint density at radius 2 is 0.875 bits per heavy atom. The van der Waals surface area contributed by atoms with Crippen LogP contribution >= 0.6 is 0 Å². The number of ether oxygens (including phenoxy) is 13. The maximum absolute atomic E-state index is 11.8. The van der Waals surface area contributed by atoms with Crippen LogP contribution in [0.15, 0.2) is 0 Å². The SMILES string of the molecule is CC(C)C1(C)CCC1.CC(C)C1(C)COC1.CC(C)C1(CCO)COC1.CC(C)C1(CO)COC1.CC(C)C1CCOC1.CC(C)C1COC1.CC(C)CC1(C)COC1.CC(C)CC1(O)COC1.[2H]C([2H])([2H])CC(=O)[C@H]1CCC[C@@H](C(C)C)C1.[2H]C([2H])([2H])OC1(CC(C)C)COC1.[2H]C([2H])([2H])OCC1(C(C)C)COC1.[2H]C([2H])([2H])OCCC1(C(C)C)COC1. The van der Waals surface area contributed by atoms with Crippen LogP contribution in [0, 0.1) is 133 Å². The van der Waals surface area contributed by atoms with Crippen LogP contribution in [-0.4, -0.2) is 212 Å². The number of Topliss-reactive ketones (excluding diaryl/α,β-unsaturated/α-hetero) is 1. The molecule has 0 aromatic rings. The van der Waals surface area contributed by atoms with E-state index in [1.807, 2.05) is 13.8 Å². The van der Waals surface area contributed by atoms with Crippen LogP contribution in [-0.2, 0) is 66.4 Å². The molecule has 3 N–H and O–H groups in total. The molecule has 2 saturated carbocycles. The Labute approximate surface area is 708 Å². The van der Waals surface area contributed by atoms with E-state index >= 15 is 0 Å². The van der Waals surface area contributed by atoms with Crippen molar-refractivity contribution in [3.05, 3.63) is 0 Å². The summed E-state index contributed by atoms with van der Waals surface area (Å²) in [4.78, 5) is 11.8. The van der Waals surface area contributed by atoms with Gasteiger partial charge in [-0.3, -0.25) is 4.79 Å². The second kappa shape index (κ2) is 54.4. The Hall–Kier alpha value is -0.970. The second-order valence-corrected chi connectivity index (χ2v) is 41.0. The van der Waals surface area contributed by atoms with Crippen LogP contribution in [0.1, 0.15) is 300 Å². The Bertz CT molecular complexity index is 2690. The van der Waals surface area contributed by atoms with E-state index in [1.165, 1.54) is 38.5 Å². The van der Waals surface area contributed by atoms with E-state index in [4.69, 9.17) is 88.2 Å². The Morgan fingerprint density at radius 3 is 1.08 bits per heavy atom. The average Bonchev–Trinajstić information content (AvgIpc) is 0.886. The van der Waals surface area contributed by atoms with Gasteiger partial charge in [0.15, 0.2) is 0 Å². The first-order chi connectivity index (χ1) is 56.9. The van der Waals surface area contributed by atoms with Gasteiger partial charge in [-0.15, -0.1) is 0 Å². The van der Waals surface area contributed by atoms with Crippen LogP contribution in [0.2, 0.25) is 0 Å². The zero-order chi connectivity index (χ0) is 95.4. The molecule has 17 nitrogen and oxygen atoms in total. The number of carbonyl (C=O) groups is 1. The minimum absolute atomic E-state index is 0.00146. The molecule has 17 heteroatoms. The summed E-state index contributed by atoms with van der Waals surface area (Å²) in [5.74, 6) is 10.1. The quantitative estimate of drug-likeness (QED) is 0.0738. The lowest BCUT2D eigenvalue weighted by molar-refractivity contribution is -0.203. The van der Waals surface area contributed by atoms with E-state index in [9.17, 15) is 9.90 Å². The lowest BCUT2D eigenvalue weighted by Gasteiger charge is -2.44. The van der Waals surface area contributed by atoms with Crippen molar-refractivity contribution >= 4 is 5.78 Å². The third kappa shape index (κ3) is 38.4. The fraction of sp³-hybridized carbons (Fsp3) is 0.989. The minimum atomic E-state index is -2.31. The molecule has 12 aliphatic rings. The largest absolute Gasteiger partial charge is 0.396 e. The zero-order valence-electron chi connectivity index (χ0n) is 89.2. The third-order valence-electron chi connectivity index (χ3n) is 27.0. The molecule has 0 amide bonds. The number of methoxy groups -OCH3 is 3. The highest BCUT2D eigenvalue weighted by Crippen LogP contribution is 2.47. The fourth-order valence-corrected chi connectivity index (χ4v) is 14.9. The van der Waals surface area contributed by atoms with Crippen molar-refractivity contribution in [1.29, 1.82) is 0 Å². The van der Waals surface area contributed by atoms with Gasteiger partial charge in [0.25, 0.3) is 0 Å². The van der Waals surface area contributed by atoms with Crippen LogP contribution in [0.25, 0.3) is 0 Å². The van der Waals surface area contributed by atoms with Crippen LogP contribution < -0.4 is 0 Å². The van der Waals surface area contributed by atoms with Gasteiger partial charge in [0.1, 0.15) is 17.0 Å². The van der Waals surface area contributed by atoms with Gasteiger partial charge >= 0.3 is 0 Å². The summed E-state index contributed by atoms with van der Waals surface area (Å²) in [6.45, 7) is 74.0. The molecule has 1 unspecified atom stereocenters. The van der Waals surface area contributed by atoms with Gasteiger partial charge in [0, 0.05) is 102 Å². The molecule has 10 aliphatic heterocycles. The summed E-state index contributed by atoms with van der Waals surface area (Å²) in [5.41, 5.74) is 1.18. The highest BCUT2D eigenvalue weighted by atomic mass is 16.6. The highest BCUT2D eigenvalue weighted by Gasteiger charge is 2.45. The molecule has 12 fully saturated rings. The van der Waals surface area contributed by atoms with E-state index in [0.717, 1.165) is 184 Å². The fourth-order valence-electron chi connectivity index (χ4n) is 14.9. The van der Waals surface area contributed by atoms with Gasteiger partial charge in [-0.1, -0.05) is 213 Å². The first-order valence-electron chi connectivity index (χ1n) is 50.1. The van der Waals surface area contributed by atoms with Crippen LogP contribution in [0.5, 0.6) is 0 Å². The van der Waals surface area contributed by atoms with E-state index in [1.54, 1.807) is 0 Å². The molecule has 12 rings (SSSR count). The normalized spacial score (nSPS) is 26.6. The number of hydrogen-bond acceptors (Lipinski definition) is 17. The number of carbonyl (C=O) groups excluding carboxylic acids is 1. The van der Waals surface area contributed by atoms with E-state index in [0.29, 0.717) is 110 Å². The molecule has 0 spiro atoms. The van der Waals surface area contributed by atoms with E-state index in [-0.39, 0.29) is 54.2 Å². The smallest absolute Gasteiger partial charge is 0.135 e. The topological polar surface area (TPSA) is 198 Å². The molecule has 10 heterocycles. The Balaban J connectivity index is 0.000000681. The summed E-state index contributed by atoms with van der Waals surface area (Å²) in [6.07, 6.45) is 14.0. The molecule has 0 aromatic heterocycles. The lowest BCUT2D eigenvalue weighted by atomic mass is 9.64. The molecular weight excluding hydrogens is 1410 g/mol. The zero-order valence-corrected chi connectivity index (χ0v) is 77.2. The summed E-state index contributed by atoms with van der Waals surface area (Å²) < 4.78 is 149. The predicted molar refractivity (Wildman–Crippen MR) is 462 cm³/mol. The molecule has 0 bridgehead atoms. The van der Waals surface area contributed by atoms with Crippen molar-refractivity contribution in [3.8, 4) is 0 Å². The van der Waals surface area contributed by atoms with Crippen molar-refractivity contribution in [2.45, 2.75) is 295 Å². The van der Waals surface area contributed by atoms with Crippen molar-refractivity contribution in [2.24, 2.45) is 133 Å². The summed E-state index contributed by atoms with van der Waals surface area (Å²) in [5, 5.41) is 27.1. The first kappa shape index (κ1) is 88.8. The molecule has 0 radical (unpaired) electrons. The van der Waals surface area contributed by atoms with Gasteiger partial charge in [-0.05, 0) is 152 Å². The lowest BCUT2D eigenvalue weighted by Crippen LogP contribution is -2.51. The Morgan fingerprint density at radius 1 is 0.429 bits per heavy atom. The summed E-state index contributed by atoms with van der Waals surface area (Å²) in [7, 11) is -6.85. The van der Waals surface area contributed by atoms with E-state index in [2.05, 4.69) is 173 Å². The maximum atomic E-state index is 11.8. The van der Waals surface area contributed by atoms with Gasteiger partial charge < -0.3 is 76.9 Å². The van der Waals surface area contributed by atoms with Crippen LogP contribution in [0.4, 0.5) is 0 Å². The Kier molecular flexibility index (Phi) is 43.2. The third-order valence-corrected chi connectivity index (χ3v) is 27.0. The van der Waals surface area contributed by atoms with Crippen molar-refractivity contribution in [3.63, 3.8) is 0 Å². The minimum Gasteiger partial charge on any atom is -0.396 e. The maximum Gasteiger partial charge on any atom is 0.135 e. The number of aliphatic hydroxyl groups excluding tert-OH is 2. The van der Waals surface area contributed by atoms with Gasteiger partial charge in [-0.25, -0.2) is 0 Å². The monoisotopic (exact) mass is 1610 g/mol. The number of ketones is 1. The number of hydrogen-bond donors (Lipinski definition) is 3. The molecule has 2 aliphatic carbocycles. The molecule has 10 saturated heterocycles. The molecular formula is C95H188O17. The summed E-state index contributed by atoms with van der Waals surface area (Å²) >= 11 is 0. The van der Waals surface area contributed by atoms with Gasteiger partial charge in [0.2, 0.25) is 0 Å². The van der Waals surface area contributed by atoms with E-state index < -0.39 is 39.2 Å². The van der Waals surface area contributed by atoms with Gasteiger partial charge in [0.05, 0.1) is 144 Å². The molecule has 3 atom stereocenters. The molecule has 112 heavy (non-hydrogen) atoms. The molecule has 670 valence electrons. The van der Waals surface area contributed by atoms with Crippen molar-refractivity contribution in [2.75, 3.05) is 180 Å². The predicted octanol–water partition coefficient (Wildman–Crippen LogP) is 19.9.